The number of aromatic hydroxyl groups is 1. The van der Waals surface area contributed by atoms with Crippen LogP contribution >= 0.6 is 0 Å². The quantitative estimate of drug-likeness (QED) is 0.883. The molecule has 1 aliphatic heterocycles. The van der Waals surface area contributed by atoms with Gasteiger partial charge in [-0.2, -0.15) is 0 Å². The van der Waals surface area contributed by atoms with E-state index < -0.39 is 23.3 Å². The molecule has 136 valence electrons. The average molecular weight is 360 g/mol. The van der Waals surface area contributed by atoms with Gasteiger partial charge in [-0.05, 0) is 36.6 Å². The van der Waals surface area contributed by atoms with Crippen LogP contribution in [0.5, 0.6) is 5.75 Å². The molecule has 0 saturated carbocycles. The van der Waals surface area contributed by atoms with Crippen LogP contribution in [-0.4, -0.2) is 34.9 Å². The van der Waals surface area contributed by atoms with Gasteiger partial charge in [0.1, 0.15) is 5.75 Å². The number of nitrogens with two attached hydrogens (primary N) is 1. The number of carbonyl (C=O) groups excluding carboxylic acids is 2. The summed E-state index contributed by atoms with van der Waals surface area (Å²) in [6, 6.07) is 7.86. The van der Waals surface area contributed by atoms with E-state index in [4.69, 9.17) is 5.73 Å². The molecule has 0 aromatic heterocycles. The van der Waals surface area contributed by atoms with Crippen molar-refractivity contribution in [3.8, 4) is 16.9 Å². The molecule has 1 aliphatic rings. The minimum absolute atomic E-state index is 0.0900. The standard InChI is InChI=1S/C19H18F2N2O3/c20-15-8-14(17(24)9-16(15)21)11-3-1-4-12(7-11)19(26)23-6-2-5-13(10-23)18(22)25/h1,3-4,7-9,13,24H,2,5-6,10H2,(H2,22,25)/t13-/m1/s1. The molecule has 2 aromatic carbocycles. The van der Waals surface area contributed by atoms with Gasteiger partial charge in [-0.1, -0.05) is 12.1 Å². The number of amides is 2. The van der Waals surface area contributed by atoms with Crippen LogP contribution < -0.4 is 5.73 Å². The number of benzene rings is 2. The van der Waals surface area contributed by atoms with E-state index in [2.05, 4.69) is 0 Å². The van der Waals surface area contributed by atoms with E-state index in [9.17, 15) is 23.5 Å². The summed E-state index contributed by atoms with van der Waals surface area (Å²) in [4.78, 5) is 25.7. The summed E-state index contributed by atoms with van der Waals surface area (Å²) in [5.41, 5.74) is 6.15. The summed E-state index contributed by atoms with van der Waals surface area (Å²) in [6.07, 6.45) is 1.34. The number of primary amides is 1. The Morgan fingerprint density at radius 3 is 2.62 bits per heavy atom. The summed E-state index contributed by atoms with van der Waals surface area (Å²) >= 11 is 0. The molecule has 3 rings (SSSR count). The third kappa shape index (κ3) is 3.51. The third-order valence-electron chi connectivity index (χ3n) is 4.57. The maximum Gasteiger partial charge on any atom is 0.253 e. The molecular formula is C19H18F2N2O3. The van der Waals surface area contributed by atoms with Crippen LogP contribution in [0.4, 0.5) is 8.78 Å². The van der Waals surface area contributed by atoms with Gasteiger partial charge >= 0.3 is 0 Å². The highest BCUT2D eigenvalue weighted by Gasteiger charge is 2.27. The van der Waals surface area contributed by atoms with E-state index in [0.29, 0.717) is 36.6 Å². The predicted molar refractivity (Wildman–Crippen MR) is 91.3 cm³/mol. The molecule has 3 N–H and O–H groups in total. The lowest BCUT2D eigenvalue weighted by Gasteiger charge is -2.31. The van der Waals surface area contributed by atoms with Crippen molar-refractivity contribution in [2.24, 2.45) is 11.7 Å². The molecule has 26 heavy (non-hydrogen) atoms. The Labute approximate surface area is 149 Å². The molecule has 1 saturated heterocycles. The minimum atomic E-state index is -1.15. The fourth-order valence-corrected chi connectivity index (χ4v) is 3.16. The molecule has 0 bridgehead atoms. The zero-order valence-electron chi connectivity index (χ0n) is 13.9. The number of likely N-dealkylation sites (tertiary alicyclic amines) is 1. The van der Waals surface area contributed by atoms with Gasteiger partial charge in [-0.25, -0.2) is 8.78 Å². The van der Waals surface area contributed by atoms with E-state index in [1.54, 1.807) is 23.1 Å². The summed E-state index contributed by atoms with van der Waals surface area (Å²) in [6.45, 7) is 0.776. The fourth-order valence-electron chi connectivity index (χ4n) is 3.16. The predicted octanol–water partition coefficient (Wildman–Crippen LogP) is 2.67. The topological polar surface area (TPSA) is 83.6 Å². The van der Waals surface area contributed by atoms with Crippen LogP contribution in [0, 0.1) is 17.6 Å². The zero-order chi connectivity index (χ0) is 18.8. The molecule has 0 unspecified atom stereocenters. The molecule has 5 nitrogen and oxygen atoms in total. The summed E-state index contributed by atoms with van der Waals surface area (Å²) in [7, 11) is 0. The highest BCUT2D eigenvalue weighted by atomic mass is 19.2. The lowest BCUT2D eigenvalue weighted by atomic mass is 9.96. The fraction of sp³-hybridized carbons (Fsp3) is 0.263. The molecule has 0 spiro atoms. The molecule has 2 aromatic rings. The number of hydrogen-bond donors (Lipinski definition) is 2. The number of phenolic OH excluding ortho intramolecular Hbond substituents is 1. The van der Waals surface area contributed by atoms with Crippen molar-refractivity contribution in [3.63, 3.8) is 0 Å². The second-order valence-electron chi connectivity index (χ2n) is 6.36. The van der Waals surface area contributed by atoms with Gasteiger partial charge in [-0.15, -0.1) is 0 Å². The Morgan fingerprint density at radius 1 is 1.15 bits per heavy atom. The van der Waals surface area contributed by atoms with Gasteiger partial charge in [0.2, 0.25) is 5.91 Å². The Bertz CT molecular complexity index is 870. The van der Waals surface area contributed by atoms with Crippen LogP contribution in [0.15, 0.2) is 36.4 Å². The Kier molecular flexibility index (Phi) is 4.88. The Balaban J connectivity index is 1.89. The number of phenols is 1. The van der Waals surface area contributed by atoms with Crippen LogP contribution in [0.25, 0.3) is 11.1 Å². The minimum Gasteiger partial charge on any atom is -0.507 e. The number of carbonyl (C=O) groups is 2. The first-order chi connectivity index (χ1) is 12.4. The molecule has 1 fully saturated rings. The smallest absolute Gasteiger partial charge is 0.253 e. The van der Waals surface area contributed by atoms with Gasteiger partial charge < -0.3 is 15.7 Å². The van der Waals surface area contributed by atoms with Crippen molar-refractivity contribution in [2.45, 2.75) is 12.8 Å². The maximum atomic E-state index is 13.5. The summed E-state index contributed by atoms with van der Waals surface area (Å²) < 4.78 is 26.7. The first kappa shape index (κ1) is 17.8. The molecule has 0 radical (unpaired) electrons. The Morgan fingerprint density at radius 2 is 1.88 bits per heavy atom. The van der Waals surface area contributed by atoms with E-state index in [1.807, 2.05) is 0 Å². The van der Waals surface area contributed by atoms with E-state index in [1.165, 1.54) is 6.07 Å². The monoisotopic (exact) mass is 360 g/mol. The lowest BCUT2D eigenvalue weighted by Crippen LogP contribution is -2.44. The van der Waals surface area contributed by atoms with Crippen LogP contribution in [0.2, 0.25) is 0 Å². The summed E-state index contributed by atoms with van der Waals surface area (Å²) in [5.74, 6) is -3.73. The average Bonchev–Trinajstić information content (AvgIpc) is 2.64. The van der Waals surface area contributed by atoms with Crippen LogP contribution in [0.3, 0.4) is 0 Å². The van der Waals surface area contributed by atoms with E-state index in [0.717, 1.165) is 6.07 Å². The van der Waals surface area contributed by atoms with Gasteiger partial charge in [0, 0.05) is 30.3 Å². The largest absolute Gasteiger partial charge is 0.507 e. The Hall–Kier alpha value is -2.96. The van der Waals surface area contributed by atoms with Gasteiger partial charge in [-0.3, -0.25) is 9.59 Å². The first-order valence-electron chi connectivity index (χ1n) is 8.24. The normalized spacial score (nSPS) is 17.2. The summed E-state index contributed by atoms with van der Waals surface area (Å²) in [5, 5.41) is 9.89. The van der Waals surface area contributed by atoms with Crippen molar-refractivity contribution in [1.82, 2.24) is 4.90 Å². The number of rotatable bonds is 3. The number of nitrogens with zero attached hydrogens (tertiary/aromatic N) is 1. The number of piperidine rings is 1. The zero-order valence-corrected chi connectivity index (χ0v) is 13.9. The lowest BCUT2D eigenvalue weighted by molar-refractivity contribution is -0.123. The van der Waals surface area contributed by atoms with Crippen molar-refractivity contribution in [2.75, 3.05) is 13.1 Å². The number of hydrogen-bond acceptors (Lipinski definition) is 3. The maximum absolute atomic E-state index is 13.5. The van der Waals surface area contributed by atoms with E-state index in [-0.39, 0.29) is 23.9 Å². The van der Waals surface area contributed by atoms with Gasteiger partial charge in [0.05, 0.1) is 5.92 Å². The van der Waals surface area contributed by atoms with Crippen molar-refractivity contribution in [3.05, 3.63) is 53.6 Å². The van der Waals surface area contributed by atoms with Crippen molar-refractivity contribution >= 4 is 11.8 Å². The second-order valence-corrected chi connectivity index (χ2v) is 6.36. The molecule has 2 amide bonds. The highest BCUT2D eigenvalue weighted by Crippen LogP contribution is 2.32. The SMILES string of the molecule is NC(=O)[C@@H]1CCCN(C(=O)c2cccc(-c3cc(F)c(F)cc3O)c2)C1. The van der Waals surface area contributed by atoms with Crippen LogP contribution in [0.1, 0.15) is 23.2 Å². The van der Waals surface area contributed by atoms with Crippen LogP contribution in [-0.2, 0) is 4.79 Å². The van der Waals surface area contributed by atoms with Gasteiger partial charge in [0.15, 0.2) is 11.6 Å². The molecular weight excluding hydrogens is 342 g/mol. The molecule has 1 atom stereocenters. The second kappa shape index (κ2) is 7.11. The molecule has 1 heterocycles. The van der Waals surface area contributed by atoms with E-state index >= 15 is 0 Å². The molecule has 0 aliphatic carbocycles. The highest BCUT2D eigenvalue weighted by molar-refractivity contribution is 5.96. The molecule has 7 heteroatoms. The van der Waals surface area contributed by atoms with Crippen molar-refractivity contribution < 1.29 is 23.5 Å². The third-order valence-corrected chi connectivity index (χ3v) is 4.57. The number of halogens is 2. The van der Waals surface area contributed by atoms with Crippen molar-refractivity contribution in [1.29, 1.82) is 0 Å². The van der Waals surface area contributed by atoms with Gasteiger partial charge in [0.25, 0.3) is 5.91 Å². The first-order valence-corrected chi connectivity index (χ1v) is 8.24.